The van der Waals surface area contributed by atoms with Crippen molar-refractivity contribution in [3.63, 3.8) is 0 Å². The van der Waals surface area contributed by atoms with Gasteiger partial charge in [-0.15, -0.1) is 11.3 Å². The zero-order valence-electron chi connectivity index (χ0n) is 15.1. The van der Waals surface area contributed by atoms with E-state index < -0.39 is 0 Å². The Morgan fingerprint density at radius 1 is 0.593 bits per heavy atom. The Balaban J connectivity index is 1.57. The number of benzene rings is 4. The summed E-state index contributed by atoms with van der Waals surface area (Å²) in [7, 11) is 2.11. The second kappa shape index (κ2) is 6.57. The van der Waals surface area contributed by atoms with Crippen molar-refractivity contribution in [1.82, 2.24) is 0 Å². The fourth-order valence-electron chi connectivity index (χ4n) is 3.64. The van der Waals surface area contributed by atoms with Gasteiger partial charge in [-0.3, -0.25) is 0 Å². The quantitative estimate of drug-likeness (QED) is 0.320. The predicted molar refractivity (Wildman–Crippen MR) is 119 cm³/mol. The van der Waals surface area contributed by atoms with E-state index in [-0.39, 0.29) is 0 Å². The van der Waals surface area contributed by atoms with E-state index in [4.69, 9.17) is 0 Å². The van der Waals surface area contributed by atoms with E-state index in [1.807, 2.05) is 17.4 Å². The molecule has 4 aromatic carbocycles. The van der Waals surface area contributed by atoms with Gasteiger partial charge < -0.3 is 4.90 Å². The molecular weight excluding hydrogens is 346 g/mol. The lowest BCUT2D eigenvalue weighted by molar-refractivity contribution is 1.21. The molecule has 1 nitrogen and oxygen atoms in total. The summed E-state index contributed by atoms with van der Waals surface area (Å²) >= 11 is 1.88. The molecule has 0 aliphatic rings. The normalized spacial score (nSPS) is 11.1. The second-order valence-corrected chi connectivity index (χ2v) is 7.77. The van der Waals surface area contributed by atoms with Gasteiger partial charge in [-0.25, -0.2) is 0 Å². The maximum Gasteiger partial charge on any atom is 0.0433 e. The fraction of sp³-hybridized carbons (Fsp3) is 0.0400. The molecule has 0 atom stereocenters. The Morgan fingerprint density at radius 3 is 2.07 bits per heavy atom. The van der Waals surface area contributed by atoms with Crippen LogP contribution >= 0.6 is 11.3 Å². The van der Waals surface area contributed by atoms with E-state index in [9.17, 15) is 0 Å². The van der Waals surface area contributed by atoms with Crippen LogP contribution in [0.3, 0.4) is 0 Å². The van der Waals surface area contributed by atoms with Gasteiger partial charge in [0, 0.05) is 38.6 Å². The fourth-order valence-corrected chi connectivity index (χ4v) is 4.88. The maximum absolute atomic E-state index is 2.23. The molecule has 0 unspecified atom stereocenters. The van der Waals surface area contributed by atoms with E-state index in [0.717, 1.165) is 0 Å². The maximum atomic E-state index is 2.23. The average molecular weight is 366 g/mol. The number of hydrogen-bond acceptors (Lipinski definition) is 2. The van der Waals surface area contributed by atoms with Crippen LogP contribution < -0.4 is 4.90 Å². The third-order valence-electron chi connectivity index (χ3n) is 5.11. The summed E-state index contributed by atoms with van der Waals surface area (Å²) in [5, 5.41) is 2.69. The van der Waals surface area contributed by atoms with Crippen LogP contribution in [0.2, 0.25) is 0 Å². The summed E-state index contributed by atoms with van der Waals surface area (Å²) in [6.07, 6.45) is 0. The molecule has 5 rings (SSSR count). The molecule has 1 heterocycles. The molecule has 5 aromatic rings. The second-order valence-electron chi connectivity index (χ2n) is 6.72. The number of fused-ring (bicyclic) bond motifs is 3. The highest BCUT2D eigenvalue weighted by atomic mass is 32.1. The number of thiophene rings is 1. The molecule has 130 valence electrons. The zero-order chi connectivity index (χ0) is 18.2. The van der Waals surface area contributed by atoms with Crippen LogP contribution in [0.4, 0.5) is 11.4 Å². The highest BCUT2D eigenvalue weighted by Gasteiger charge is 2.10. The van der Waals surface area contributed by atoms with Crippen LogP contribution in [0.15, 0.2) is 97.1 Å². The average Bonchev–Trinajstić information content (AvgIpc) is 3.13. The topological polar surface area (TPSA) is 3.24 Å². The van der Waals surface area contributed by atoms with Crippen molar-refractivity contribution in [2.75, 3.05) is 11.9 Å². The molecule has 2 heteroatoms. The molecule has 0 aliphatic carbocycles. The number of rotatable bonds is 3. The molecule has 0 saturated heterocycles. The van der Waals surface area contributed by atoms with E-state index in [1.165, 1.54) is 42.7 Å². The standard InChI is InChI=1S/C25H19NS/c1-26(19-8-3-2-4-9-19)20-16-14-18(15-17-20)21-11-7-12-23-22-10-5-6-13-24(22)27-25(21)23/h2-17H,1H3. The number of hydrogen-bond donors (Lipinski definition) is 0. The molecule has 0 saturated carbocycles. The number of para-hydroxylation sites is 1. The summed E-state index contributed by atoms with van der Waals surface area (Å²) in [4.78, 5) is 2.21. The third-order valence-corrected chi connectivity index (χ3v) is 6.33. The smallest absolute Gasteiger partial charge is 0.0433 e. The molecular formula is C25H19NS. The van der Waals surface area contributed by atoms with Crippen molar-refractivity contribution >= 4 is 42.9 Å². The Kier molecular flexibility index (Phi) is 3.92. The first-order chi connectivity index (χ1) is 13.3. The van der Waals surface area contributed by atoms with Crippen molar-refractivity contribution in [3.8, 4) is 11.1 Å². The van der Waals surface area contributed by atoms with Crippen molar-refractivity contribution in [3.05, 3.63) is 97.1 Å². The summed E-state index contributed by atoms with van der Waals surface area (Å²) in [6.45, 7) is 0. The van der Waals surface area contributed by atoms with E-state index in [0.29, 0.717) is 0 Å². The minimum absolute atomic E-state index is 1.19. The van der Waals surface area contributed by atoms with Crippen molar-refractivity contribution < 1.29 is 0 Å². The molecule has 0 fully saturated rings. The van der Waals surface area contributed by atoms with Gasteiger partial charge in [0.05, 0.1) is 0 Å². The van der Waals surface area contributed by atoms with Gasteiger partial charge in [-0.2, -0.15) is 0 Å². The van der Waals surface area contributed by atoms with E-state index >= 15 is 0 Å². The first-order valence-corrected chi connectivity index (χ1v) is 9.92. The first kappa shape index (κ1) is 16.1. The molecule has 0 radical (unpaired) electrons. The van der Waals surface area contributed by atoms with E-state index in [2.05, 4.69) is 103 Å². The lowest BCUT2D eigenvalue weighted by Gasteiger charge is -2.19. The van der Waals surface area contributed by atoms with Crippen LogP contribution in [-0.2, 0) is 0 Å². The first-order valence-electron chi connectivity index (χ1n) is 9.11. The monoisotopic (exact) mass is 365 g/mol. The molecule has 1 aromatic heterocycles. The predicted octanol–water partition coefficient (Wildman–Crippen LogP) is 7.49. The minimum Gasteiger partial charge on any atom is -0.345 e. The molecule has 0 bridgehead atoms. The lowest BCUT2D eigenvalue weighted by atomic mass is 10.0. The van der Waals surface area contributed by atoms with Crippen molar-refractivity contribution in [2.24, 2.45) is 0 Å². The Morgan fingerprint density at radius 2 is 1.26 bits per heavy atom. The third kappa shape index (κ3) is 2.79. The van der Waals surface area contributed by atoms with Gasteiger partial charge in [-0.1, -0.05) is 66.7 Å². The van der Waals surface area contributed by atoms with Gasteiger partial charge >= 0.3 is 0 Å². The zero-order valence-corrected chi connectivity index (χ0v) is 15.9. The van der Waals surface area contributed by atoms with Crippen LogP contribution in [0.1, 0.15) is 0 Å². The minimum atomic E-state index is 1.19. The highest BCUT2D eigenvalue weighted by Crippen LogP contribution is 2.40. The van der Waals surface area contributed by atoms with Gasteiger partial charge in [-0.05, 0) is 41.5 Å². The van der Waals surface area contributed by atoms with Crippen molar-refractivity contribution in [2.45, 2.75) is 0 Å². The van der Waals surface area contributed by atoms with Crippen LogP contribution in [0.25, 0.3) is 31.3 Å². The Bertz CT molecular complexity index is 1220. The molecule has 0 spiro atoms. The molecule has 0 amide bonds. The summed E-state index contributed by atoms with van der Waals surface area (Å²) in [5.41, 5.74) is 4.95. The van der Waals surface area contributed by atoms with Crippen LogP contribution in [-0.4, -0.2) is 7.05 Å². The van der Waals surface area contributed by atoms with Crippen molar-refractivity contribution in [1.29, 1.82) is 0 Å². The van der Waals surface area contributed by atoms with E-state index in [1.54, 1.807) is 0 Å². The Hall–Kier alpha value is -3.10. The summed E-state index contributed by atoms with van der Waals surface area (Å²) in [5.74, 6) is 0. The SMILES string of the molecule is CN(c1ccccc1)c1ccc(-c2cccc3c2sc2ccccc23)cc1. The van der Waals surface area contributed by atoms with Gasteiger partial charge in [0.2, 0.25) is 0 Å². The van der Waals surface area contributed by atoms with Crippen LogP contribution in [0, 0.1) is 0 Å². The van der Waals surface area contributed by atoms with Gasteiger partial charge in [0.25, 0.3) is 0 Å². The summed E-state index contributed by atoms with van der Waals surface area (Å²) in [6, 6.07) is 34.6. The van der Waals surface area contributed by atoms with Gasteiger partial charge in [0.15, 0.2) is 0 Å². The largest absolute Gasteiger partial charge is 0.345 e. The van der Waals surface area contributed by atoms with Crippen LogP contribution in [0.5, 0.6) is 0 Å². The number of anilines is 2. The molecule has 27 heavy (non-hydrogen) atoms. The lowest BCUT2D eigenvalue weighted by Crippen LogP contribution is -2.08. The number of nitrogens with zero attached hydrogens (tertiary/aromatic N) is 1. The Labute approximate surface area is 163 Å². The molecule has 0 N–H and O–H groups in total. The highest BCUT2D eigenvalue weighted by molar-refractivity contribution is 7.26. The van der Waals surface area contributed by atoms with Gasteiger partial charge in [0.1, 0.15) is 0 Å². The summed E-state index contributed by atoms with van der Waals surface area (Å²) < 4.78 is 2.71. The molecule has 0 aliphatic heterocycles.